The molecular formula is C15H25NS. The molecule has 1 atom stereocenters. The van der Waals surface area contributed by atoms with Crippen molar-refractivity contribution < 1.29 is 0 Å². The number of nitrogens with one attached hydrogen (secondary N) is 1. The largest absolute Gasteiger partial charge is 0.313 e. The molecule has 0 saturated heterocycles. The Balaban J connectivity index is 2.04. The summed E-state index contributed by atoms with van der Waals surface area (Å²) in [6.45, 7) is 5.81. The number of hydrogen-bond donors (Lipinski definition) is 1. The van der Waals surface area contributed by atoms with Crippen LogP contribution < -0.4 is 5.32 Å². The summed E-state index contributed by atoms with van der Waals surface area (Å²) >= 11 is 1.90. The van der Waals surface area contributed by atoms with E-state index in [1.54, 1.807) is 0 Å². The molecule has 1 heterocycles. The number of likely N-dealkylation sites (N-methyl/N-ethyl adjacent to an activating group) is 1. The summed E-state index contributed by atoms with van der Waals surface area (Å²) < 4.78 is 0. The minimum atomic E-state index is 0.512. The van der Waals surface area contributed by atoms with Crippen molar-refractivity contribution >= 4 is 11.3 Å². The Morgan fingerprint density at radius 2 is 2.12 bits per heavy atom. The lowest BCUT2D eigenvalue weighted by Gasteiger charge is -2.41. The van der Waals surface area contributed by atoms with Gasteiger partial charge in [0.15, 0.2) is 0 Å². The highest BCUT2D eigenvalue weighted by Gasteiger charge is 2.34. The maximum atomic E-state index is 3.74. The van der Waals surface area contributed by atoms with Crippen molar-refractivity contribution in [2.24, 2.45) is 5.41 Å². The molecule has 1 saturated carbocycles. The molecule has 2 rings (SSSR count). The highest BCUT2D eigenvalue weighted by molar-refractivity contribution is 7.09. The monoisotopic (exact) mass is 251 g/mol. The topological polar surface area (TPSA) is 12.0 Å². The van der Waals surface area contributed by atoms with Crippen molar-refractivity contribution in [1.82, 2.24) is 5.32 Å². The smallest absolute Gasteiger partial charge is 0.0169 e. The molecule has 0 spiro atoms. The van der Waals surface area contributed by atoms with Gasteiger partial charge in [-0.15, -0.1) is 11.3 Å². The molecule has 1 fully saturated rings. The fraction of sp³-hybridized carbons (Fsp3) is 0.733. The Morgan fingerprint density at radius 3 is 2.71 bits per heavy atom. The van der Waals surface area contributed by atoms with Crippen LogP contribution in [0.5, 0.6) is 0 Å². The van der Waals surface area contributed by atoms with E-state index in [9.17, 15) is 0 Å². The highest BCUT2D eigenvalue weighted by Crippen LogP contribution is 2.40. The lowest BCUT2D eigenvalue weighted by Crippen LogP contribution is -2.46. The molecule has 0 aromatic carbocycles. The first-order valence-electron chi connectivity index (χ1n) is 7.00. The van der Waals surface area contributed by atoms with Crippen molar-refractivity contribution in [3.8, 4) is 0 Å². The number of thiophene rings is 1. The molecule has 1 nitrogen and oxygen atoms in total. The van der Waals surface area contributed by atoms with E-state index in [1.807, 2.05) is 11.3 Å². The van der Waals surface area contributed by atoms with Crippen LogP contribution in [0.4, 0.5) is 0 Å². The second-order valence-electron chi connectivity index (χ2n) is 5.61. The average Bonchev–Trinajstić information content (AvgIpc) is 2.82. The van der Waals surface area contributed by atoms with Crippen LogP contribution in [0.2, 0.25) is 0 Å². The van der Waals surface area contributed by atoms with Crippen LogP contribution in [-0.4, -0.2) is 12.6 Å². The van der Waals surface area contributed by atoms with Crippen LogP contribution in [0.15, 0.2) is 17.5 Å². The maximum absolute atomic E-state index is 3.74. The second kappa shape index (κ2) is 6.01. The average molecular weight is 251 g/mol. The minimum Gasteiger partial charge on any atom is -0.313 e. The molecule has 1 aliphatic rings. The number of hydrogen-bond acceptors (Lipinski definition) is 2. The molecule has 1 aromatic heterocycles. The summed E-state index contributed by atoms with van der Waals surface area (Å²) in [5.41, 5.74) is 0.512. The molecular weight excluding hydrogens is 226 g/mol. The third-order valence-corrected chi connectivity index (χ3v) is 5.17. The SMILES string of the molecule is CCNC(Cc1cccs1)C1(C)CCCCC1. The summed E-state index contributed by atoms with van der Waals surface area (Å²) in [5, 5.41) is 5.93. The third kappa shape index (κ3) is 3.32. The Morgan fingerprint density at radius 1 is 1.35 bits per heavy atom. The number of rotatable bonds is 5. The second-order valence-corrected chi connectivity index (χ2v) is 6.64. The van der Waals surface area contributed by atoms with E-state index in [1.165, 1.54) is 43.4 Å². The normalized spacial score (nSPS) is 21.3. The van der Waals surface area contributed by atoms with Gasteiger partial charge in [0.05, 0.1) is 0 Å². The Hall–Kier alpha value is -0.340. The van der Waals surface area contributed by atoms with Gasteiger partial charge in [-0.3, -0.25) is 0 Å². The van der Waals surface area contributed by atoms with Gasteiger partial charge in [0.2, 0.25) is 0 Å². The molecule has 0 amide bonds. The molecule has 1 N–H and O–H groups in total. The van der Waals surface area contributed by atoms with Crippen LogP contribution in [0.1, 0.15) is 50.8 Å². The van der Waals surface area contributed by atoms with Crippen LogP contribution in [0.25, 0.3) is 0 Å². The molecule has 96 valence electrons. The first-order chi connectivity index (χ1) is 8.24. The van der Waals surface area contributed by atoms with E-state index in [2.05, 4.69) is 36.7 Å². The predicted molar refractivity (Wildman–Crippen MR) is 76.7 cm³/mol. The predicted octanol–water partition coefficient (Wildman–Crippen LogP) is 4.24. The lowest BCUT2D eigenvalue weighted by atomic mass is 9.69. The van der Waals surface area contributed by atoms with E-state index in [0.717, 1.165) is 6.54 Å². The van der Waals surface area contributed by atoms with Crippen molar-refractivity contribution in [3.05, 3.63) is 22.4 Å². The Kier molecular flexibility index (Phi) is 4.63. The van der Waals surface area contributed by atoms with Gasteiger partial charge in [-0.2, -0.15) is 0 Å². The summed E-state index contributed by atoms with van der Waals surface area (Å²) in [6.07, 6.45) is 8.28. The molecule has 1 unspecified atom stereocenters. The van der Waals surface area contributed by atoms with Crippen LogP contribution in [-0.2, 0) is 6.42 Å². The van der Waals surface area contributed by atoms with Gasteiger partial charge >= 0.3 is 0 Å². The van der Waals surface area contributed by atoms with Crippen LogP contribution in [0, 0.1) is 5.41 Å². The fourth-order valence-corrected chi connectivity index (χ4v) is 3.90. The van der Waals surface area contributed by atoms with Crippen molar-refractivity contribution in [2.45, 2.75) is 58.4 Å². The summed E-state index contributed by atoms with van der Waals surface area (Å²) in [4.78, 5) is 1.53. The van der Waals surface area contributed by atoms with Gasteiger partial charge in [-0.05, 0) is 42.7 Å². The quantitative estimate of drug-likeness (QED) is 0.825. The summed E-state index contributed by atoms with van der Waals surface area (Å²) in [5.74, 6) is 0. The van der Waals surface area contributed by atoms with Crippen molar-refractivity contribution in [3.63, 3.8) is 0 Å². The first-order valence-corrected chi connectivity index (χ1v) is 7.88. The zero-order chi connectivity index (χ0) is 12.1. The van der Waals surface area contributed by atoms with Crippen LogP contribution in [0.3, 0.4) is 0 Å². The minimum absolute atomic E-state index is 0.512. The van der Waals surface area contributed by atoms with Crippen molar-refractivity contribution in [2.75, 3.05) is 6.54 Å². The molecule has 1 aliphatic carbocycles. The highest BCUT2D eigenvalue weighted by atomic mass is 32.1. The Labute approximate surface area is 110 Å². The van der Waals surface area contributed by atoms with E-state index < -0.39 is 0 Å². The fourth-order valence-electron chi connectivity index (χ4n) is 3.15. The van der Waals surface area contributed by atoms with Gasteiger partial charge in [0.25, 0.3) is 0 Å². The van der Waals surface area contributed by atoms with E-state index in [-0.39, 0.29) is 0 Å². The van der Waals surface area contributed by atoms with Gasteiger partial charge in [0.1, 0.15) is 0 Å². The molecule has 0 aliphatic heterocycles. The van der Waals surface area contributed by atoms with E-state index in [4.69, 9.17) is 0 Å². The molecule has 1 aromatic rings. The van der Waals surface area contributed by atoms with Crippen LogP contribution >= 0.6 is 11.3 Å². The first kappa shape index (κ1) is 13.1. The van der Waals surface area contributed by atoms with E-state index >= 15 is 0 Å². The van der Waals surface area contributed by atoms with Gasteiger partial charge in [-0.25, -0.2) is 0 Å². The van der Waals surface area contributed by atoms with Gasteiger partial charge in [-0.1, -0.05) is 39.2 Å². The summed E-state index contributed by atoms with van der Waals surface area (Å²) in [6, 6.07) is 5.11. The van der Waals surface area contributed by atoms with Gasteiger partial charge in [0, 0.05) is 10.9 Å². The zero-order valence-electron chi connectivity index (χ0n) is 11.2. The Bertz CT molecular complexity index is 312. The third-order valence-electron chi connectivity index (χ3n) is 4.27. The molecule has 0 bridgehead atoms. The molecule has 0 radical (unpaired) electrons. The molecule has 17 heavy (non-hydrogen) atoms. The van der Waals surface area contributed by atoms with Gasteiger partial charge < -0.3 is 5.32 Å². The van der Waals surface area contributed by atoms with Crippen molar-refractivity contribution in [1.29, 1.82) is 0 Å². The maximum Gasteiger partial charge on any atom is 0.0169 e. The zero-order valence-corrected chi connectivity index (χ0v) is 12.0. The summed E-state index contributed by atoms with van der Waals surface area (Å²) in [7, 11) is 0. The standard InChI is InChI=1S/C15H25NS/c1-3-16-14(12-13-8-7-11-17-13)15(2)9-5-4-6-10-15/h7-8,11,14,16H,3-6,9-10,12H2,1-2H3. The molecule has 2 heteroatoms. The lowest BCUT2D eigenvalue weighted by molar-refractivity contribution is 0.145. The van der Waals surface area contributed by atoms with E-state index in [0.29, 0.717) is 11.5 Å².